The molecule has 0 heterocycles. The Balaban J connectivity index is 2.55. The molecule has 1 aromatic carbocycles. The average molecular weight is 305 g/mol. The van der Waals surface area contributed by atoms with Gasteiger partial charge in [-0.1, -0.05) is 36.5 Å². The van der Waals surface area contributed by atoms with Crippen molar-refractivity contribution < 1.29 is 9.90 Å². The van der Waals surface area contributed by atoms with Gasteiger partial charge in [0.1, 0.15) is 0 Å². The number of benzene rings is 1. The van der Waals surface area contributed by atoms with Gasteiger partial charge in [0, 0.05) is 16.6 Å². The van der Waals surface area contributed by atoms with Gasteiger partial charge in [0.05, 0.1) is 12.1 Å². The van der Waals surface area contributed by atoms with Crippen LogP contribution in [0.15, 0.2) is 18.2 Å². The predicted molar refractivity (Wildman–Crippen MR) is 77.3 cm³/mol. The van der Waals surface area contributed by atoms with Crippen LogP contribution in [-0.4, -0.2) is 23.6 Å². The van der Waals surface area contributed by atoms with Gasteiger partial charge < -0.3 is 16.2 Å². The fourth-order valence-electron chi connectivity index (χ4n) is 1.66. The second-order valence-electron chi connectivity index (χ2n) is 4.36. The average Bonchev–Trinajstić information content (AvgIpc) is 2.34. The van der Waals surface area contributed by atoms with Crippen LogP contribution < -0.4 is 11.1 Å². The van der Waals surface area contributed by atoms with Crippen LogP contribution in [0.25, 0.3) is 0 Å². The Morgan fingerprint density at radius 2 is 1.95 bits per heavy atom. The van der Waals surface area contributed by atoms with E-state index >= 15 is 0 Å². The molecule has 4 N–H and O–H groups in total. The third-order valence-corrected chi connectivity index (χ3v) is 3.11. The van der Waals surface area contributed by atoms with Gasteiger partial charge in [-0.25, -0.2) is 0 Å². The minimum absolute atomic E-state index is 0.0763. The van der Waals surface area contributed by atoms with Crippen LogP contribution in [0.3, 0.4) is 0 Å². The lowest BCUT2D eigenvalue weighted by molar-refractivity contribution is -0.123. The van der Waals surface area contributed by atoms with Gasteiger partial charge in [0.15, 0.2) is 0 Å². The number of rotatable bonds is 6. The first-order chi connectivity index (χ1) is 8.93. The molecule has 1 rings (SSSR count). The molecule has 6 heteroatoms. The Morgan fingerprint density at radius 1 is 1.37 bits per heavy atom. The Hall–Kier alpha value is -0.810. The maximum atomic E-state index is 11.6. The topological polar surface area (TPSA) is 75.4 Å². The molecule has 1 amide bonds. The van der Waals surface area contributed by atoms with Crippen LogP contribution in [0.1, 0.15) is 31.4 Å². The molecular formula is C13H18Cl2N2O2. The number of hydrogen-bond donors (Lipinski definition) is 3. The molecule has 2 unspecified atom stereocenters. The molecule has 4 nitrogen and oxygen atoms in total. The Labute approximate surface area is 122 Å². The van der Waals surface area contributed by atoms with E-state index in [1.807, 2.05) is 6.92 Å². The number of amides is 1. The lowest BCUT2D eigenvalue weighted by Gasteiger charge is -2.15. The van der Waals surface area contributed by atoms with Gasteiger partial charge in [-0.2, -0.15) is 0 Å². The van der Waals surface area contributed by atoms with Gasteiger partial charge in [-0.05, 0) is 30.2 Å². The summed E-state index contributed by atoms with van der Waals surface area (Å²) < 4.78 is 0. The van der Waals surface area contributed by atoms with Crippen molar-refractivity contribution in [3.05, 3.63) is 33.8 Å². The van der Waals surface area contributed by atoms with Crippen molar-refractivity contribution in [2.75, 3.05) is 6.54 Å². The Bertz CT molecular complexity index is 420. The Morgan fingerprint density at radius 3 is 2.47 bits per heavy atom. The largest absolute Gasteiger partial charge is 0.387 e. The second kappa shape index (κ2) is 7.70. The summed E-state index contributed by atoms with van der Waals surface area (Å²) in [5.41, 5.74) is 6.22. The fraction of sp³-hybridized carbons (Fsp3) is 0.462. The molecule has 0 saturated heterocycles. The van der Waals surface area contributed by atoms with Crippen LogP contribution in [0, 0.1) is 0 Å². The summed E-state index contributed by atoms with van der Waals surface area (Å²) in [6.07, 6.45) is 0.584. The zero-order valence-corrected chi connectivity index (χ0v) is 12.2. The van der Waals surface area contributed by atoms with Crippen molar-refractivity contribution >= 4 is 29.1 Å². The van der Waals surface area contributed by atoms with E-state index in [0.717, 1.165) is 6.42 Å². The standard InChI is InChI=1S/C13H18Cl2N2O2/c1-2-3-11(16)13(19)17-7-12(18)8-4-9(14)6-10(15)5-8/h4-6,11-12,18H,2-3,7,16H2,1H3,(H,17,19). The summed E-state index contributed by atoms with van der Waals surface area (Å²) in [6, 6.07) is 4.25. The molecule has 0 radical (unpaired) electrons. The van der Waals surface area contributed by atoms with Crippen molar-refractivity contribution in [2.45, 2.75) is 31.9 Å². The van der Waals surface area contributed by atoms with Crippen molar-refractivity contribution in [2.24, 2.45) is 5.73 Å². The zero-order valence-electron chi connectivity index (χ0n) is 10.7. The molecule has 2 atom stereocenters. The van der Waals surface area contributed by atoms with Crippen molar-refractivity contribution in [1.82, 2.24) is 5.32 Å². The molecule has 0 aliphatic carbocycles. The lowest BCUT2D eigenvalue weighted by Crippen LogP contribution is -2.42. The first-order valence-electron chi connectivity index (χ1n) is 6.11. The van der Waals surface area contributed by atoms with Crippen LogP contribution in [0.5, 0.6) is 0 Å². The van der Waals surface area contributed by atoms with Crippen LogP contribution in [-0.2, 0) is 4.79 Å². The summed E-state index contributed by atoms with van der Waals surface area (Å²) in [7, 11) is 0. The lowest BCUT2D eigenvalue weighted by atomic mass is 10.1. The SMILES string of the molecule is CCCC(N)C(=O)NCC(O)c1cc(Cl)cc(Cl)c1. The highest BCUT2D eigenvalue weighted by Gasteiger charge is 2.15. The molecule has 0 aliphatic heterocycles. The van der Waals surface area contributed by atoms with Gasteiger partial charge in [0.2, 0.25) is 5.91 Å². The van der Waals surface area contributed by atoms with E-state index in [-0.39, 0.29) is 12.5 Å². The number of carbonyl (C=O) groups excluding carboxylic acids is 1. The number of aliphatic hydroxyl groups is 1. The van der Waals surface area contributed by atoms with Gasteiger partial charge in [-0.15, -0.1) is 0 Å². The number of nitrogens with two attached hydrogens (primary N) is 1. The van der Waals surface area contributed by atoms with E-state index in [4.69, 9.17) is 28.9 Å². The van der Waals surface area contributed by atoms with E-state index in [2.05, 4.69) is 5.32 Å². The summed E-state index contributed by atoms with van der Waals surface area (Å²) in [5, 5.41) is 13.4. The molecule has 0 bridgehead atoms. The first kappa shape index (κ1) is 16.2. The summed E-state index contributed by atoms with van der Waals surface area (Å²) >= 11 is 11.7. The number of halogens is 2. The molecule has 0 aliphatic rings. The van der Waals surface area contributed by atoms with Gasteiger partial charge in [0.25, 0.3) is 0 Å². The highest BCUT2D eigenvalue weighted by atomic mass is 35.5. The Kier molecular flexibility index (Phi) is 6.58. The monoisotopic (exact) mass is 304 g/mol. The highest BCUT2D eigenvalue weighted by molar-refractivity contribution is 6.34. The summed E-state index contributed by atoms with van der Waals surface area (Å²) in [5.74, 6) is -0.269. The minimum Gasteiger partial charge on any atom is -0.387 e. The number of aliphatic hydroxyl groups excluding tert-OH is 1. The van der Waals surface area contributed by atoms with E-state index in [1.165, 1.54) is 0 Å². The van der Waals surface area contributed by atoms with Gasteiger partial charge >= 0.3 is 0 Å². The number of hydrogen-bond acceptors (Lipinski definition) is 3. The third-order valence-electron chi connectivity index (χ3n) is 2.68. The molecule has 0 spiro atoms. The second-order valence-corrected chi connectivity index (χ2v) is 5.23. The minimum atomic E-state index is -0.867. The van der Waals surface area contributed by atoms with E-state index in [9.17, 15) is 9.90 Å². The van der Waals surface area contributed by atoms with Crippen molar-refractivity contribution in [3.63, 3.8) is 0 Å². The maximum Gasteiger partial charge on any atom is 0.237 e. The number of nitrogens with one attached hydrogen (secondary N) is 1. The molecule has 0 aromatic heterocycles. The smallest absolute Gasteiger partial charge is 0.237 e. The van der Waals surface area contributed by atoms with Crippen LogP contribution in [0.4, 0.5) is 0 Å². The highest BCUT2D eigenvalue weighted by Crippen LogP contribution is 2.23. The van der Waals surface area contributed by atoms with Crippen molar-refractivity contribution in [3.8, 4) is 0 Å². The molecule has 106 valence electrons. The van der Waals surface area contributed by atoms with Gasteiger partial charge in [-0.3, -0.25) is 4.79 Å². The fourth-order valence-corrected chi connectivity index (χ4v) is 2.20. The summed E-state index contributed by atoms with van der Waals surface area (Å²) in [6.45, 7) is 2.03. The van der Waals surface area contributed by atoms with Crippen LogP contribution in [0.2, 0.25) is 10.0 Å². The van der Waals surface area contributed by atoms with Crippen molar-refractivity contribution in [1.29, 1.82) is 0 Å². The van der Waals surface area contributed by atoms with E-state index in [1.54, 1.807) is 18.2 Å². The molecular weight excluding hydrogens is 287 g/mol. The molecule has 0 saturated carbocycles. The predicted octanol–water partition coefficient (Wildman–Crippen LogP) is 2.27. The molecule has 0 fully saturated rings. The normalized spacial score (nSPS) is 13.9. The quantitative estimate of drug-likeness (QED) is 0.754. The third kappa shape index (κ3) is 5.37. The molecule has 1 aromatic rings. The van der Waals surface area contributed by atoms with E-state index < -0.39 is 12.1 Å². The summed E-state index contributed by atoms with van der Waals surface area (Å²) in [4.78, 5) is 11.6. The first-order valence-corrected chi connectivity index (χ1v) is 6.87. The molecule has 19 heavy (non-hydrogen) atoms. The van der Waals surface area contributed by atoms with E-state index in [0.29, 0.717) is 22.0 Å². The zero-order chi connectivity index (χ0) is 14.4. The maximum absolute atomic E-state index is 11.6. The van der Waals surface area contributed by atoms with Crippen LogP contribution >= 0.6 is 23.2 Å². The number of carbonyl (C=O) groups is 1.